The van der Waals surface area contributed by atoms with E-state index in [0.29, 0.717) is 11.3 Å². The topological polar surface area (TPSA) is 84.6 Å². The predicted molar refractivity (Wildman–Crippen MR) is 69.8 cm³/mol. The fourth-order valence-corrected chi connectivity index (χ4v) is 1.58. The third kappa shape index (κ3) is 3.71. The van der Waals surface area contributed by atoms with Crippen LogP contribution in [0.4, 0.5) is 10.5 Å². The highest BCUT2D eigenvalue weighted by Crippen LogP contribution is 2.19. The number of carbonyl (C=O) groups is 2. The number of urea groups is 1. The van der Waals surface area contributed by atoms with Gasteiger partial charge < -0.3 is 10.0 Å². The van der Waals surface area contributed by atoms with E-state index in [1.165, 1.54) is 16.8 Å². The zero-order valence-corrected chi connectivity index (χ0v) is 10.8. The molecular formula is C13H15N3O3. The van der Waals surface area contributed by atoms with Crippen molar-refractivity contribution in [1.82, 2.24) is 4.90 Å². The molecule has 6 heteroatoms. The lowest BCUT2D eigenvalue weighted by atomic mass is 10.2. The molecule has 1 aromatic carbocycles. The Hall–Kier alpha value is -2.55. The Morgan fingerprint density at radius 2 is 1.95 bits per heavy atom. The van der Waals surface area contributed by atoms with E-state index < -0.39 is 5.97 Å². The monoisotopic (exact) mass is 261 g/mol. The summed E-state index contributed by atoms with van der Waals surface area (Å²) in [4.78, 5) is 25.2. The van der Waals surface area contributed by atoms with Crippen LogP contribution in [0.25, 0.3) is 0 Å². The summed E-state index contributed by atoms with van der Waals surface area (Å²) < 4.78 is 0. The number of nitrogens with zero attached hydrogens (tertiary/aromatic N) is 3. The Bertz CT molecular complexity index is 522. The quantitative estimate of drug-likeness (QED) is 0.890. The van der Waals surface area contributed by atoms with E-state index in [1.54, 1.807) is 31.3 Å². The van der Waals surface area contributed by atoms with E-state index in [9.17, 15) is 9.59 Å². The molecule has 100 valence electrons. The van der Waals surface area contributed by atoms with Gasteiger partial charge in [-0.05, 0) is 12.1 Å². The van der Waals surface area contributed by atoms with Crippen LogP contribution in [0.1, 0.15) is 12.0 Å². The van der Waals surface area contributed by atoms with Crippen LogP contribution in [0.15, 0.2) is 24.3 Å². The summed E-state index contributed by atoms with van der Waals surface area (Å²) in [6, 6.07) is 8.40. The first-order valence-electron chi connectivity index (χ1n) is 5.67. The minimum Gasteiger partial charge on any atom is -0.481 e. The molecule has 0 radical (unpaired) electrons. The summed E-state index contributed by atoms with van der Waals surface area (Å²) in [6.07, 6.45) is -0.115. The lowest BCUT2D eigenvalue weighted by molar-refractivity contribution is -0.137. The highest BCUT2D eigenvalue weighted by Gasteiger charge is 2.18. The first-order valence-corrected chi connectivity index (χ1v) is 5.67. The van der Waals surface area contributed by atoms with Gasteiger partial charge in [0.1, 0.15) is 6.07 Å². The van der Waals surface area contributed by atoms with Crippen molar-refractivity contribution in [1.29, 1.82) is 5.26 Å². The highest BCUT2D eigenvalue weighted by atomic mass is 16.4. The van der Waals surface area contributed by atoms with Gasteiger partial charge in [0, 0.05) is 20.6 Å². The zero-order valence-electron chi connectivity index (χ0n) is 10.8. The average molecular weight is 261 g/mol. The summed E-state index contributed by atoms with van der Waals surface area (Å²) >= 11 is 0. The van der Waals surface area contributed by atoms with Gasteiger partial charge in [0.25, 0.3) is 0 Å². The Morgan fingerprint density at radius 3 is 2.53 bits per heavy atom. The van der Waals surface area contributed by atoms with Gasteiger partial charge in [0.2, 0.25) is 0 Å². The van der Waals surface area contributed by atoms with Crippen LogP contribution in [-0.4, -0.2) is 42.6 Å². The Morgan fingerprint density at radius 1 is 1.32 bits per heavy atom. The van der Waals surface area contributed by atoms with Crippen LogP contribution in [-0.2, 0) is 4.79 Å². The molecule has 0 aliphatic rings. The summed E-state index contributed by atoms with van der Waals surface area (Å²) in [7, 11) is 3.08. The largest absolute Gasteiger partial charge is 0.481 e. The van der Waals surface area contributed by atoms with Crippen LogP contribution in [0.3, 0.4) is 0 Å². The number of aliphatic carboxylic acids is 1. The van der Waals surface area contributed by atoms with Gasteiger partial charge in [-0.15, -0.1) is 0 Å². The first-order chi connectivity index (χ1) is 8.97. The Balaban J connectivity index is 2.82. The summed E-state index contributed by atoms with van der Waals surface area (Å²) in [5.41, 5.74) is 0.891. The average Bonchev–Trinajstić information content (AvgIpc) is 2.42. The second kappa shape index (κ2) is 6.40. The number of nitriles is 1. The molecule has 0 aliphatic heterocycles. The normalized spacial score (nSPS) is 9.53. The highest BCUT2D eigenvalue weighted by molar-refractivity contribution is 5.92. The minimum absolute atomic E-state index is 0.115. The molecule has 6 nitrogen and oxygen atoms in total. The van der Waals surface area contributed by atoms with Crippen LogP contribution in [0.5, 0.6) is 0 Å². The fourth-order valence-electron chi connectivity index (χ4n) is 1.58. The maximum absolute atomic E-state index is 12.1. The molecule has 0 saturated carbocycles. The van der Waals surface area contributed by atoms with Crippen molar-refractivity contribution in [3.63, 3.8) is 0 Å². The van der Waals surface area contributed by atoms with Crippen LogP contribution >= 0.6 is 0 Å². The SMILES string of the molecule is CN(CCC(=O)O)C(=O)N(C)c1ccccc1C#N. The van der Waals surface area contributed by atoms with E-state index in [0.717, 1.165) is 0 Å². The first kappa shape index (κ1) is 14.5. The van der Waals surface area contributed by atoms with Crippen molar-refractivity contribution in [2.75, 3.05) is 25.5 Å². The Kier molecular flexibility index (Phi) is 4.89. The van der Waals surface area contributed by atoms with E-state index in [4.69, 9.17) is 10.4 Å². The maximum atomic E-state index is 12.1. The molecule has 0 unspecified atom stereocenters. The molecule has 1 aromatic rings. The lowest BCUT2D eigenvalue weighted by Crippen LogP contribution is -2.40. The molecule has 0 bridgehead atoms. The van der Waals surface area contributed by atoms with E-state index in [-0.39, 0.29) is 19.0 Å². The number of carbonyl (C=O) groups excluding carboxylic acids is 1. The maximum Gasteiger partial charge on any atom is 0.324 e. The number of hydrogen-bond donors (Lipinski definition) is 1. The third-order valence-electron chi connectivity index (χ3n) is 2.66. The van der Waals surface area contributed by atoms with E-state index >= 15 is 0 Å². The molecule has 1 N–H and O–H groups in total. The fraction of sp³-hybridized carbons (Fsp3) is 0.308. The predicted octanol–water partition coefficient (Wildman–Crippen LogP) is 1.52. The molecular weight excluding hydrogens is 246 g/mol. The molecule has 1 rings (SSSR count). The number of rotatable bonds is 4. The number of anilines is 1. The van der Waals surface area contributed by atoms with Gasteiger partial charge in [-0.25, -0.2) is 4.79 Å². The number of carboxylic acids is 1. The van der Waals surface area contributed by atoms with E-state index in [1.807, 2.05) is 6.07 Å². The summed E-state index contributed by atoms with van der Waals surface area (Å²) in [5.74, 6) is -0.959. The molecule has 0 atom stereocenters. The second-order valence-electron chi connectivity index (χ2n) is 4.04. The van der Waals surface area contributed by atoms with Gasteiger partial charge in [-0.2, -0.15) is 5.26 Å². The van der Waals surface area contributed by atoms with Gasteiger partial charge in [0.15, 0.2) is 0 Å². The van der Waals surface area contributed by atoms with Crippen molar-refractivity contribution in [2.45, 2.75) is 6.42 Å². The third-order valence-corrected chi connectivity index (χ3v) is 2.66. The Labute approximate surface area is 111 Å². The van der Waals surface area contributed by atoms with Crippen molar-refractivity contribution in [2.24, 2.45) is 0 Å². The molecule has 0 spiro atoms. The number of benzene rings is 1. The molecule has 2 amide bonds. The smallest absolute Gasteiger partial charge is 0.324 e. The summed E-state index contributed by atoms with van der Waals surface area (Å²) in [5, 5.41) is 17.6. The number of carboxylic acid groups (broad SMARTS) is 1. The minimum atomic E-state index is -0.959. The standard InChI is InChI=1S/C13H15N3O3/c1-15(8-7-12(17)18)13(19)16(2)11-6-4-3-5-10(11)9-14/h3-6H,7-8H2,1-2H3,(H,17,18). The summed E-state index contributed by atoms with van der Waals surface area (Å²) in [6.45, 7) is 0.118. The van der Waals surface area contributed by atoms with Gasteiger partial charge in [0.05, 0.1) is 17.7 Å². The van der Waals surface area contributed by atoms with Crippen LogP contribution in [0, 0.1) is 11.3 Å². The molecule has 0 saturated heterocycles. The second-order valence-corrected chi connectivity index (χ2v) is 4.04. The van der Waals surface area contributed by atoms with Crippen molar-refractivity contribution >= 4 is 17.7 Å². The molecule has 0 aromatic heterocycles. The van der Waals surface area contributed by atoms with Gasteiger partial charge in [-0.3, -0.25) is 9.69 Å². The van der Waals surface area contributed by atoms with Crippen LogP contribution < -0.4 is 4.90 Å². The van der Waals surface area contributed by atoms with Crippen molar-refractivity contribution < 1.29 is 14.7 Å². The number of amides is 2. The molecule has 0 fully saturated rings. The van der Waals surface area contributed by atoms with Gasteiger partial charge in [-0.1, -0.05) is 12.1 Å². The molecule has 0 heterocycles. The molecule has 0 aliphatic carbocycles. The lowest BCUT2D eigenvalue weighted by Gasteiger charge is -2.25. The zero-order chi connectivity index (χ0) is 14.4. The molecule has 19 heavy (non-hydrogen) atoms. The van der Waals surface area contributed by atoms with Gasteiger partial charge >= 0.3 is 12.0 Å². The van der Waals surface area contributed by atoms with Crippen molar-refractivity contribution in [3.05, 3.63) is 29.8 Å². The number of hydrogen-bond acceptors (Lipinski definition) is 3. The van der Waals surface area contributed by atoms with Crippen molar-refractivity contribution in [3.8, 4) is 6.07 Å². The number of para-hydroxylation sites is 1. The van der Waals surface area contributed by atoms with E-state index in [2.05, 4.69) is 0 Å². The van der Waals surface area contributed by atoms with Crippen LogP contribution in [0.2, 0.25) is 0 Å².